The van der Waals surface area contributed by atoms with E-state index in [1.54, 1.807) is 0 Å². The van der Waals surface area contributed by atoms with Crippen LogP contribution in [-0.4, -0.2) is 11.2 Å². The molecule has 0 bridgehead atoms. The van der Waals surface area contributed by atoms with Crippen LogP contribution in [0.1, 0.15) is 5.56 Å². The molecule has 3 N–H and O–H groups in total. The molecule has 4 heteroatoms. The van der Waals surface area contributed by atoms with Crippen LogP contribution in [0.25, 0.3) is 0 Å². The SMILES string of the molecule is Cc1cccc(Cl)c1.NC(=O)O. The van der Waals surface area contributed by atoms with E-state index in [-0.39, 0.29) is 0 Å². The maximum absolute atomic E-state index is 8.78. The lowest BCUT2D eigenvalue weighted by molar-refractivity contribution is 0.205. The average Bonchev–Trinajstić information content (AvgIpc) is 1.84. The molecule has 1 aromatic rings. The zero-order valence-electron chi connectivity index (χ0n) is 6.62. The van der Waals surface area contributed by atoms with Crippen molar-refractivity contribution >= 4 is 17.7 Å². The molecule has 66 valence electrons. The van der Waals surface area contributed by atoms with Crippen molar-refractivity contribution in [3.8, 4) is 0 Å². The molecule has 0 saturated carbocycles. The molecule has 1 amide bonds. The molecule has 0 fully saturated rings. The van der Waals surface area contributed by atoms with Crippen LogP contribution in [0, 0.1) is 6.92 Å². The minimum Gasteiger partial charge on any atom is -0.465 e. The second kappa shape index (κ2) is 5.43. The third kappa shape index (κ3) is 6.89. The van der Waals surface area contributed by atoms with Crippen LogP contribution in [0.4, 0.5) is 4.79 Å². The molecule has 0 radical (unpaired) electrons. The monoisotopic (exact) mass is 187 g/mol. The predicted molar refractivity (Wildman–Crippen MR) is 48.4 cm³/mol. The number of nitrogens with two attached hydrogens (primary N) is 1. The van der Waals surface area contributed by atoms with Crippen molar-refractivity contribution in [3.63, 3.8) is 0 Å². The minimum absolute atomic E-state index is 0.810. The first kappa shape index (κ1) is 10.8. The summed E-state index contributed by atoms with van der Waals surface area (Å²) in [5, 5.41) is 8.00. The summed E-state index contributed by atoms with van der Waals surface area (Å²) in [7, 11) is 0. The molecule has 0 saturated heterocycles. The van der Waals surface area contributed by atoms with Crippen LogP contribution in [0.2, 0.25) is 5.02 Å². The number of rotatable bonds is 0. The molecule has 0 aliphatic heterocycles. The fourth-order valence-electron chi connectivity index (χ4n) is 0.606. The highest BCUT2D eigenvalue weighted by Crippen LogP contribution is 2.08. The smallest absolute Gasteiger partial charge is 0.402 e. The van der Waals surface area contributed by atoms with Gasteiger partial charge in [0.05, 0.1) is 0 Å². The van der Waals surface area contributed by atoms with Crippen LogP contribution >= 0.6 is 11.6 Å². The predicted octanol–water partition coefficient (Wildman–Crippen LogP) is 2.27. The lowest BCUT2D eigenvalue weighted by Gasteiger charge is -1.88. The van der Waals surface area contributed by atoms with Crippen LogP contribution in [0.5, 0.6) is 0 Å². The van der Waals surface area contributed by atoms with Gasteiger partial charge in [-0.2, -0.15) is 0 Å². The van der Waals surface area contributed by atoms with Gasteiger partial charge in [-0.25, -0.2) is 4.79 Å². The summed E-state index contributed by atoms with van der Waals surface area (Å²) in [4.78, 5) is 8.78. The van der Waals surface area contributed by atoms with Gasteiger partial charge in [0, 0.05) is 5.02 Å². The fourth-order valence-corrected chi connectivity index (χ4v) is 0.850. The summed E-state index contributed by atoms with van der Waals surface area (Å²) in [6.07, 6.45) is -1.33. The minimum atomic E-state index is -1.33. The van der Waals surface area contributed by atoms with Gasteiger partial charge < -0.3 is 10.8 Å². The molecule has 0 aromatic heterocycles. The van der Waals surface area contributed by atoms with Crippen LogP contribution in [0.15, 0.2) is 24.3 Å². The molecule has 1 aromatic carbocycles. The topological polar surface area (TPSA) is 63.3 Å². The number of carboxylic acid groups (broad SMARTS) is 1. The molecule has 1 rings (SSSR count). The average molecular weight is 188 g/mol. The second-order valence-electron chi connectivity index (χ2n) is 2.14. The summed E-state index contributed by atoms with van der Waals surface area (Å²) < 4.78 is 0. The van der Waals surface area contributed by atoms with E-state index >= 15 is 0 Å². The Hall–Kier alpha value is -1.22. The molecule has 0 unspecified atom stereocenters. The largest absolute Gasteiger partial charge is 0.465 e. The summed E-state index contributed by atoms with van der Waals surface area (Å²) in [6, 6.07) is 7.76. The van der Waals surface area contributed by atoms with E-state index in [2.05, 4.69) is 5.73 Å². The lowest BCUT2D eigenvalue weighted by atomic mass is 10.2. The van der Waals surface area contributed by atoms with Gasteiger partial charge in [-0.1, -0.05) is 23.7 Å². The Balaban J connectivity index is 0.000000261. The first-order chi connectivity index (χ1) is 5.52. The third-order valence-electron chi connectivity index (χ3n) is 0.980. The van der Waals surface area contributed by atoms with E-state index < -0.39 is 6.09 Å². The quantitative estimate of drug-likeness (QED) is 0.655. The number of hydrogen-bond donors (Lipinski definition) is 2. The number of benzene rings is 1. The Morgan fingerprint density at radius 1 is 1.58 bits per heavy atom. The molecule has 0 aliphatic rings. The maximum atomic E-state index is 8.78. The molecular weight excluding hydrogens is 178 g/mol. The molecule has 0 atom stereocenters. The molecule has 0 aliphatic carbocycles. The third-order valence-corrected chi connectivity index (χ3v) is 1.22. The van der Waals surface area contributed by atoms with Crippen LogP contribution in [0.3, 0.4) is 0 Å². The first-order valence-corrected chi connectivity index (χ1v) is 3.60. The van der Waals surface area contributed by atoms with E-state index in [1.165, 1.54) is 5.56 Å². The van der Waals surface area contributed by atoms with Crippen LogP contribution < -0.4 is 5.73 Å². The van der Waals surface area contributed by atoms with E-state index in [0.717, 1.165) is 5.02 Å². The molecule has 3 nitrogen and oxygen atoms in total. The number of primary amides is 1. The van der Waals surface area contributed by atoms with E-state index in [0.29, 0.717) is 0 Å². The molecular formula is C8H10ClNO2. The van der Waals surface area contributed by atoms with Crippen molar-refractivity contribution in [2.45, 2.75) is 6.92 Å². The van der Waals surface area contributed by atoms with Gasteiger partial charge >= 0.3 is 6.09 Å². The Morgan fingerprint density at radius 2 is 2.08 bits per heavy atom. The van der Waals surface area contributed by atoms with Crippen molar-refractivity contribution in [2.75, 3.05) is 0 Å². The summed E-state index contributed by atoms with van der Waals surface area (Å²) in [6.45, 7) is 2.02. The van der Waals surface area contributed by atoms with E-state index in [4.69, 9.17) is 21.5 Å². The zero-order valence-corrected chi connectivity index (χ0v) is 7.38. The molecule has 12 heavy (non-hydrogen) atoms. The normalized spacial score (nSPS) is 8.17. The standard InChI is InChI=1S/C7H7Cl.CH3NO2/c1-6-3-2-4-7(8)5-6;2-1(3)4/h2-5H,1H3;2H2,(H,3,4). The van der Waals surface area contributed by atoms with E-state index in [1.807, 2.05) is 31.2 Å². The highest BCUT2D eigenvalue weighted by Gasteiger charge is 1.82. The van der Waals surface area contributed by atoms with Crippen molar-refractivity contribution < 1.29 is 9.90 Å². The maximum Gasteiger partial charge on any atom is 0.402 e. The van der Waals surface area contributed by atoms with Gasteiger partial charge in [0.15, 0.2) is 0 Å². The van der Waals surface area contributed by atoms with Crippen molar-refractivity contribution in [3.05, 3.63) is 34.9 Å². The summed E-state index contributed by atoms with van der Waals surface area (Å²) in [5.74, 6) is 0. The number of amides is 1. The van der Waals surface area contributed by atoms with Crippen molar-refractivity contribution in [1.82, 2.24) is 0 Å². The number of aryl methyl sites for hydroxylation is 1. The molecule has 0 spiro atoms. The van der Waals surface area contributed by atoms with Gasteiger partial charge in [-0.3, -0.25) is 0 Å². The van der Waals surface area contributed by atoms with Crippen molar-refractivity contribution in [2.24, 2.45) is 5.73 Å². The van der Waals surface area contributed by atoms with E-state index in [9.17, 15) is 0 Å². The molecule has 0 heterocycles. The lowest BCUT2D eigenvalue weighted by Crippen LogP contribution is -2.03. The van der Waals surface area contributed by atoms with Crippen molar-refractivity contribution in [1.29, 1.82) is 0 Å². The highest BCUT2D eigenvalue weighted by molar-refractivity contribution is 6.30. The van der Waals surface area contributed by atoms with Gasteiger partial charge in [-0.15, -0.1) is 0 Å². The van der Waals surface area contributed by atoms with Gasteiger partial charge in [0.1, 0.15) is 0 Å². The number of halogens is 1. The number of hydrogen-bond acceptors (Lipinski definition) is 1. The fraction of sp³-hybridized carbons (Fsp3) is 0.125. The Kier molecular flexibility index (Phi) is 4.88. The second-order valence-corrected chi connectivity index (χ2v) is 2.57. The zero-order chi connectivity index (χ0) is 9.56. The highest BCUT2D eigenvalue weighted by atomic mass is 35.5. The Morgan fingerprint density at radius 3 is 2.33 bits per heavy atom. The Bertz CT molecular complexity index is 242. The summed E-state index contributed by atoms with van der Waals surface area (Å²) >= 11 is 5.64. The number of carbonyl (C=O) groups is 1. The van der Waals surface area contributed by atoms with Gasteiger partial charge in [-0.05, 0) is 24.6 Å². The van der Waals surface area contributed by atoms with Crippen LogP contribution in [-0.2, 0) is 0 Å². The summed E-state index contributed by atoms with van der Waals surface area (Å²) in [5.41, 5.74) is 5.23. The van der Waals surface area contributed by atoms with Gasteiger partial charge in [0.2, 0.25) is 0 Å². The Labute approximate surface area is 75.8 Å². The van der Waals surface area contributed by atoms with Gasteiger partial charge in [0.25, 0.3) is 0 Å². The first-order valence-electron chi connectivity index (χ1n) is 3.23.